The van der Waals surface area contributed by atoms with Crippen LogP contribution in [-0.2, 0) is 13.0 Å². The molecule has 0 aliphatic carbocycles. The molecule has 1 aromatic heterocycles. The highest BCUT2D eigenvalue weighted by atomic mass is 16.7. The summed E-state index contributed by atoms with van der Waals surface area (Å²) < 4.78 is 16.4. The topological polar surface area (TPSA) is 47.7 Å². The number of aromatic nitrogens is 1. The van der Waals surface area contributed by atoms with Crippen molar-refractivity contribution in [1.29, 1.82) is 0 Å². The minimum absolute atomic E-state index is 0.283. The number of fused-ring (bicyclic) bond motifs is 2. The molecule has 0 saturated carbocycles. The maximum absolute atomic E-state index is 5.59. The molecule has 3 heterocycles. The van der Waals surface area contributed by atoms with Gasteiger partial charge in [-0.3, -0.25) is 4.90 Å². The Hall–Kier alpha value is -2.27. The van der Waals surface area contributed by atoms with Gasteiger partial charge in [-0.2, -0.15) is 0 Å². The lowest BCUT2D eigenvalue weighted by molar-refractivity contribution is 0.174. The maximum Gasteiger partial charge on any atom is 0.231 e. The van der Waals surface area contributed by atoms with Crippen molar-refractivity contribution in [1.82, 2.24) is 10.1 Å². The third-order valence-corrected chi connectivity index (χ3v) is 4.44. The van der Waals surface area contributed by atoms with Crippen LogP contribution in [0.1, 0.15) is 25.2 Å². The van der Waals surface area contributed by atoms with Gasteiger partial charge in [0.15, 0.2) is 11.5 Å². The fraction of sp³-hybridized carbons (Fsp3) is 0.421. The molecule has 126 valence electrons. The van der Waals surface area contributed by atoms with Gasteiger partial charge < -0.3 is 14.0 Å². The molecule has 0 spiro atoms. The van der Waals surface area contributed by atoms with E-state index in [0.717, 1.165) is 54.6 Å². The molecular formula is C19H22N2O3. The summed E-state index contributed by atoms with van der Waals surface area (Å²) in [7, 11) is 0. The summed E-state index contributed by atoms with van der Waals surface area (Å²) in [6.07, 6.45) is 5.41. The first-order valence-electron chi connectivity index (χ1n) is 8.47. The van der Waals surface area contributed by atoms with E-state index in [1.807, 2.05) is 18.2 Å². The summed E-state index contributed by atoms with van der Waals surface area (Å²) in [5.41, 5.74) is 3.13. The second-order valence-corrected chi connectivity index (χ2v) is 6.66. The Kier molecular flexibility index (Phi) is 4.02. The minimum atomic E-state index is 0.283. The first kappa shape index (κ1) is 15.3. The van der Waals surface area contributed by atoms with E-state index in [1.54, 1.807) is 0 Å². The zero-order valence-electron chi connectivity index (χ0n) is 14.1. The highest BCUT2D eigenvalue weighted by Crippen LogP contribution is 2.37. The summed E-state index contributed by atoms with van der Waals surface area (Å²) in [6, 6.07) is 5.94. The van der Waals surface area contributed by atoms with Gasteiger partial charge in [-0.05, 0) is 24.1 Å². The van der Waals surface area contributed by atoms with Crippen molar-refractivity contribution in [3.8, 4) is 22.8 Å². The van der Waals surface area contributed by atoms with Crippen molar-refractivity contribution in [2.75, 3.05) is 19.9 Å². The van der Waals surface area contributed by atoms with E-state index < -0.39 is 0 Å². The number of hydrogen-bond donors (Lipinski definition) is 0. The fourth-order valence-electron chi connectivity index (χ4n) is 3.17. The quantitative estimate of drug-likeness (QED) is 0.803. The second-order valence-electron chi connectivity index (χ2n) is 6.66. The Balaban J connectivity index is 1.56. The maximum atomic E-state index is 5.59. The average Bonchev–Trinajstić information content (AvgIpc) is 3.20. The number of nitrogens with zero attached hydrogens (tertiary/aromatic N) is 2. The number of hydrogen-bond acceptors (Lipinski definition) is 5. The van der Waals surface area contributed by atoms with Crippen LogP contribution in [0.4, 0.5) is 0 Å². The SMILES string of the molecule is CC(C)C=CCN1CCc2onc(-c3ccc4c(c3)OCO4)c2C1. The van der Waals surface area contributed by atoms with E-state index in [4.69, 9.17) is 14.0 Å². The molecule has 5 nitrogen and oxygen atoms in total. The molecule has 0 unspecified atom stereocenters. The van der Waals surface area contributed by atoms with Gasteiger partial charge >= 0.3 is 0 Å². The first-order valence-corrected chi connectivity index (χ1v) is 8.47. The van der Waals surface area contributed by atoms with Crippen LogP contribution in [0.2, 0.25) is 0 Å². The fourth-order valence-corrected chi connectivity index (χ4v) is 3.17. The molecule has 0 bridgehead atoms. The van der Waals surface area contributed by atoms with Crippen molar-refractivity contribution < 1.29 is 14.0 Å². The Labute approximate surface area is 141 Å². The molecule has 0 amide bonds. The third kappa shape index (κ3) is 2.91. The molecule has 5 heteroatoms. The average molecular weight is 326 g/mol. The van der Waals surface area contributed by atoms with Crippen LogP contribution in [0.15, 0.2) is 34.9 Å². The summed E-state index contributed by atoms with van der Waals surface area (Å²) in [5.74, 6) is 3.16. The highest BCUT2D eigenvalue weighted by Gasteiger charge is 2.25. The Morgan fingerprint density at radius 1 is 1.25 bits per heavy atom. The van der Waals surface area contributed by atoms with E-state index in [0.29, 0.717) is 5.92 Å². The van der Waals surface area contributed by atoms with Crippen LogP contribution < -0.4 is 9.47 Å². The normalized spacial score (nSPS) is 17.0. The van der Waals surface area contributed by atoms with E-state index in [2.05, 4.69) is 36.1 Å². The smallest absolute Gasteiger partial charge is 0.231 e. The lowest BCUT2D eigenvalue weighted by Gasteiger charge is -2.24. The van der Waals surface area contributed by atoms with Gasteiger partial charge in [0.25, 0.3) is 0 Å². The van der Waals surface area contributed by atoms with Crippen LogP contribution in [0.25, 0.3) is 11.3 Å². The molecule has 2 aliphatic heterocycles. The van der Waals surface area contributed by atoms with Crippen LogP contribution in [0.5, 0.6) is 11.5 Å². The molecule has 0 N–H and O–H groups in total. The molecule has 4 rings (SSSR count). The van der Waals surface area contributed by atoms with Gasteiger partial charge in [0, 0.05) is 37.2 Å². The number of rotatable bonds is 4. The van der Waals surface area contributed by atoms with E-state index in [9.17, 15) is 0 Å². The van der Waals surface area contributed by atoms with Crippen LogP contribution >= 0.6 is 0 Å². The standard InChI is InChI=1S/C19H22N2O3/c1-13(2)4-3-8-21-9-7-16-15(11-21)19(20-24-16)14-5-6-17-18(10-14)23-12-22-17/h3-6,10,13H,7-9,11-12H2,1-2H3. The van der Waals surface area contributed by atoms with Crippen LogP contribution in [0.3, 0.4) is 0 Å². The molecule has 0 atom stereocenters. The van der Waals surface area contributed by atoms with E-state index in [1.165, 1.54) is 5.56 Å². The monoisotopic (exact) mass is 326 g/mol. The van der Waals surface area contributed by atoms with Crippen LogP contribution in [-0.4, -0.2) is 29.9 Å². The van der Waals surface area contributed by atoms with Gasteiger partial charge in [0.05, 0.1) is 0 Å². The van der Waals surface area contributed by atoms with Gasteiger partial charge in [-0.25, -0.2) is 0 Å². The molecule has 0 radical (unpaired) electrons. The molecule has 24 heavy (non-hydrogen) atoms. The van der Waals surface area contributed by atoms with Crippen molar-refractivity contribution in [3.05, 3.63) is 41.7 Å². The predicted octanol–water partition coefficient (Wildman–Crippen LogP) is 3.64. The van der Waals surface area contributed by atoms with Gasteiger partial charge in [0.2, 0.25) is 6.79 Å². The predicted molar refractivity (Wildman–Crippen MR) is 91.0 cm³/mol. The summed E-state index contributed by atoms with van der Waals surface area (Å²) >= 11 is 0. The molecular weight excluding hydrogens is 304 g/mol. The largest absolute Gasteiger partial charge is 0.454 e. The molecule has 0 fully saturated rings. The van der Waals surface area contributed by atoms with Crippen molar-refractivity contribution in [2.24, 2.45) is 5.92 Å². The van der Waals surface area contributed by atoms with Gasteiger partial charge in [-0.1, -0.05) is 31.2 Å². The zero-order chi connectivity index (χ0) is 16.5. The first-order chi connectivity index (χ1) is 11.7. The summed E-state index contributed by atoms with van der Waals surface area (Å²) in [6.45, 7) is 7.51. The molecule has 1 aromatic carbocycles. The van der Waals surface area contributed by atoms with E-state index in [-0.39, 0.29) is 6.79 Å². The molecule has 2 aliphatic rings. The second kappa shape index (κ2) is 6.32. The van der Waals surface area contributed by atoms with Crippen molar-refractivity contribution in [2.45, 2.75) is 26.8 Å². The lowest BCUT2D eigenvalue weighted by atomic mass is 10.0. The molecule has 2 aromatic rings. The van der Waals surface area contributed by atoms with Crippen molar-refractivity contribution in [3.63, 3.8) is 0 Å². The summed E-state index contributed by atoms with van der Waals surface area (Å²) in [5, 5.41) is 4.32. The lowest BCUT2D eigenvalue weighted by Crippen LogP contribution is -2.30. The number of benzene rings is 1. The van der Waals surface area contributed by atoms with Gasteiger partial charge in [-0.15, -0.1) is 0 Å². The Morgan fingerprint density at radius 2 is 2.12 bits per heavy atom. The zero-order valence-corrected chi connectivity index (χ0v) is 14.1. The number of ether oxygens (including phenoxy) is 2. The third-order valence-electron chi connectivity index (χ3n) is 4.44. The van der Waals surface area contributed by atoms with E-state index >= 15 is 0 Å². The number of allylic oxidation sites excluding steroid dienone is 1. The summed E-state index contributed by atoms with van der Waals surface area (Å²) in [4.78, 5) is 2.43. The molecule has 0 saturated heterocycles. The van der Waals surface area contributed by atoms with Gasteiger partial charge in [0.1, 0.15) is 11.5 Å². The van der Waals surface area contributed by atoms with Crippen molar-refractivity contribution >= 4 is 0 Å². The van der Waals surface area contributed by atoms with Crippen LogP contribution in [0, 0.1) is 5.92 Å². The minimum Gasteiger partial charge on any atom is -0.454 e. The Bertz CT molecular complexity index is 764. The Morgan fingerprint density at radius 3 is 3.00 bits per heavy atom. The highest BCUT2D eigenvalue weighted by molar-refractivity contribution is 5.67.